The molecule has 0 aliphatic rings. The number of hydrogen-bond donors (Lipinski definition) is 0. The highest BCUT2D eigenvalue weighted by atomic mass is 15.1. The minimum atomic E-state index is 1.12. The van der Waals surface area contributed by atoms with Gasteiger partial charge in [-0.3, -0.25) is 0 Å². The number of rotatable bonds is 9. The number of aryl methyl sites for hydroxylation is 1. The third-order valence-corrected chi connectivity index (χ3v) is 9.38. The molecule has 0 saturated carbocycles. The Bertz CT molecular complexity index is 2350. The summed E-state index contributed by atoms with van der Waals surface area (Å²) >= 11 is 0. The van der Waals surface area contributed by atoms with E-state index in [4.69, 9.17) is 0 Å². The summed E-state index contributed by atoms with van der Waals surface area (Å²) in [6.07, 6.45) is 4.36. The smallest absolute Gasteiger partial charge is 0.0540 e. The van der Waals surface area contributed by atoms with Gasteiger partial charge in [-0.1, -0.05) is 152 Å². The Morgan fingerprint density at radius 1 is 0.333 bits per heavy atom. The van der Waals surface area contributed by atoms with Gasteiger partial charge < -0.3 is 9.80 Å². The van der Waals surface area contributed by atoms with E-state index in [0.717, 1.165) is 33.9 Å². The fourth-order valence-electron chi connectivity index (χ4n) is 6.74. The van der Waals surface area contributed by atoms with Crippen molar-refractivity contribution in [3.8, 4) is 11.1 Å². The first-order chi connectivity index (χ1) is 25.2. The number of fused-ring (bicyclic) bond motifs is 1. The highest BCUT2D eigenvalue weighted by Crippen LogP contribution is 2.41. The number of para-hydroxylation sites is 3. The van der Waals surface area contributed by atoms with Crippen molar-refractivity contribution in [1.82, 2.24) is 0 Å². The van der Waals surface area contributed by atoms with E-state index in [2.05, 4.69) is 229 Å². The highest BCUT2D eigenvalue weighted by molar-refractivity contribution is 5.99. The van der Waals surface area contributed by atoms with Crippen molar-refractivity contribution in [1.29, 1.82) is 0 Å². The minimum absolute atomic E-state index is 1.12. The van der Waals surface area contributed by atoms with E-state index in [1.165, 1.54) is 38.8 Å². The molecule has 0 heterocycles. The first-order valence-corrected chi connectivity index (χ1v) is 17.4. The Labute approximate surface area is 300 Å². The van der Waals surface area contributed by atoms with Gasteiger partial charge in [-0.2, -0.15) is 0 Å². The molecule has 2 heteroatoms. The second-order valence-electron chi connectivity index (χ2n) is 12.7. The zero-order valence-corrected chi connectivity index (χ0v) is 28.6. The van der Waals surface area contributed by atoms with Gasteiger partial charge in [-0.25, -0.2) is 0 Å². The quantitative estimate of drug-likeness (QED) is 0.143. The molecule has 0 spiro atoms. The maximum absolute atomic E-state index is 2.38. The van der Waals surface area contributed by atoms with Crippen LogP contribution in [0.25, 0.3) is 34.1 Å². The summed E-state index contributed by atoms with van der Waals surface area (Å²) in [7, 11) is 0. The Hall–Kier alpha value is -6.64. The van der Waals surface area contributed by atoms with Gasteiger partial charge >= 0.3 is 0 Å². The Morgan fingerprint density at radius 3 is 1.39 bits per heavy atom. The van der Waals surface area contributed by atoms with Crippen molar-refractivity contribution in [3.63, 3.8) is 0 Å². The summed E-state index contributed by atoms with van der Waals surface area (Å²) < 4.78 is 0. The predicted octanol–water partition coefficient (Wildman–Crippen LogP) is 13.9. The van der Waals surface area contributed by atoms with Crippen molar-refractivity contribution in [2.24, 2.45) is 0 Å². The number of hydrogen-bond acceptors (Lipinski definition) is 2. The zero-order chi connectivity index (χ0) is 34.4. The number of nitrogens with zero attached hydrogens (tertiary/aromatic N) is 2. The van der Waals surface area contributed by atoms with Crippen molar-refractivity contribution >= 4 is 57.0 Å². The molecule has 0 N–H and O–H groups in total. The molecular formula is C49H38N2. The first-order valence-electron chi connectivity index (χ1n) is 17.4. The first kappa shape index (κ1) is 31.6. The Kier molecular flexibility index (Phi) is 8.96. The maximum Gasteiger partial charge on any atom is 0.0540 e. The van der Waals surface area contributed by atoms with Crippen molar-refractivity contribution < 1.29 is 0 Å². The van der Waals surface area contributed by atoms with Crippen LogP contribution in [0.5, 0.6) is 0 Å². The summed E-state index contributed by atoms with van der Waals surface area (Å²) in [5.41, 5.74) is 12.8. The molecule has 0 bridgehead atoms. The van der Waals surface area contributed by atoms with Crippen LogP contribution >= 0.6 is 0 Å². The normalized spacial score (nSPS) is 11.2. The van der Waals surface area contributed by atoms with Gasteiger partial charge in [0.2, 0.25) is 0 Å². The summed E-state index contributed by atoms with van der Waals surface area (Å²) in [6, 6.07) is 71.2. The van der Waals surface area contributed by atoms with Gasteiger partial charge in [0.15, 0.2) is 0 Å². The lowest BCUT2D eigenvalue weighted by molar-refractivity contribution is 1.26. The van der Waals surface area contributed by atoms with Crippen LogP contribution in [0.15, 0.2) is 200 Å². The molecule has 244 valence electrons. The van der Waals surface area contributed by atoms with E-state index in [1.54, 1.807) is 0 Å². The standard InChI is InChI=1S/C49H38N2/c1-37-13-8-11-21-48(37)51(49-22-12-15-42-14-9-10-20-47(42)49)46-35-31-41(32-36-46)40-29-25-38(26-30-40)23-24-39-27-33-45(34-28-39)50(43-16-4-2-5-17-43)44-18-6-3-7-19-44/h2-36H,1H3. The lowest BCUT2D eigenvalue weighted by atomic mass is 10.0. The lowest BCUT2D eigenvalue weighted by Crippen LogP contribution is -2.11. The van der Waals surface area contributed by atoms with E-state index in [-0.39, 0.29) is 0 Å². The molecule has 0 atom stereocenters. The molecule has 0 fully saturated rings. The van der Waals surface area contributed by atoms with Gasteiger partial charge in [-0.05, 0) is 101 Å². The average Bonchev–Trinajstić information content (AvgIpc) is 3.20. The fourth-order valence-corrected chi connectivity index (χ4v) is 6.74. The van der Waals surface area contributed by atoms with Crippen molar-refractivity contribution in [2.75, 3.05) is 9.80 Å². The summed E-state index contributed by atoms with van der Waals surface area (Å²) in [5.74, 6) is 0. The Balaban J connectivity index is 1.01. The molecule has 0 radical (unpaired) electrons. The van der Waals surface area contributed by atoms with Gasteiger partial charge in [0, 0.05) is 33.8 Å². The van der Waals surface area contributed by atoms with Crippen LogP contribution in [-0.2, 0) is 0 Å². The van der Waals surface area contributed by atoms with E-state index >= 15 is 0 Å². The largest absolute Gasteiger partial charge is 0.311 e. The summed E-state index contributed by atoms with van der Waals surface area (Å²) in [6.45, 7) is 2.18. The van der Waals surface area contributed by atoms with Crippen LogP contribution in [-0.4, -0.2) is 0 Å². The average molecular weight is 655 g/mol. The molecule has 8 rings (SSSR count). The number of benzene rings is 8. The molecule has 8 aromatic carbocycles. The molecular weight excluding hydrogens is 617 g/mol. The molecule has 0 aliphatic heterocycles. The van der Waals surface area contributed by atoms with E-state index < -0.39 is 0 Å². The summed E-state index contributed by atoms with van der Waals surface area (Å²) in [4.78, 5) is 4.66. The molecule has 0 aromatic heterocycles. The van der Waals surface area contributed by atoms with Gasteiger partial charge in [-0.15, -0.1) is 0 Å². The molecule has 0 saturated heterocycles. The van der Waals surface area contributed by atoms with Crippen LogP contribution in [0.4, 0.5) is 34.1 Å². The van der Waals surface area contributed by atoms with Crippen LogP contribution in [0.1, 0.15) is 16.7 Å². The zero-order valence-electron chi connectivity index (χ0n) is 28.6. The molecule has 0 unspecified atom stereocenters. The number of anilines is 6. The lowest BCUT2D eigenvalue weighted by Gasteiger charge is -2.28. The molecule has 0 aliphatic carbocycles. The van der Waals surface area contributed by atoms with Crippen LogP contribution in [0.2, 0.25) is 0 Å². The van der Waals surface area contributed by atoms with Crippen molar-refractivity contribution in [2.45, 2.75) is 6.92 Å². The van der Waals surface area contributed by atoms with Gasteiger partial charge in [0.1, 0.15) is 0 Å². The maximum atomic E-state index is 2.38. The van der Waals surface area contributed by atoms with Crippen molar-refractivity contribution in [3.05, 3.63) is 217 Å². The molecule has 0 amide bonds. The fraction of sp³-hybridized carbons (Fsp3) is 0.0204. The summed E-state index contributed by atoms with van der Waals surface area (Å²) in [5, 5.41) is 2.46. The van der Waals surface area contributed by atoms with Crippen LogP contribution < -0.4 is 9.80 Å². The molecule has 2 nitrogen and oxygen atoms in total. The predicted molar refractivity (Wildman–Crippen MR) is 219 cm³/mol. The van der Waals surface area contributed by atoms with Gasteiger partial charge in [0.25, 0.3) is 0 Å². The molecule has 51 heavy (non-hydrogen) atoms. The Morgan fingerprint density at radius 2 is 0.765 bits per heavy atom. The second kappa shape index (κ2) is 14.5. The molecule has 8 aromatic rings. The topological polar surface area (TPSA) is 6.48 Å². The third kappa shape index (κ3) is 6.81. The minimum Gasteiger partial charge on any atom is -0.311 e. The monoisotopic (exact) mass is 654 g/mol. The van der Waals surface area contributed by atoms with Gasteiger partial charge in [0.05, 0.1) is 5.69 Å². The van der Waals surface area contributed by atoms with E-state index in [9.17, 15) is 0 Å². The SMILES string of the molecule is Cc1ccccc1N(c1ccc(-c2ccc(C=Cc3ccc(N(c4ccccc4)c4ccccc4)cc3)cc2)cc1)c1cccc2ccccc12. The third-order valence-electron chi connectivity index (χ3n) is 9.38. The van der Waals surface area contributed by atoms with E-state index in [0.29, 0.717) is 0 Å². The van der Waals surface area contributed by atoms with Crippen LogP contribution in [0, 0.1) is 6.92 Å². The van der Waals surface area contributed by atoms with E-state index in [1.807, 2.05) is 0 Å². The highest BCUT2D eigenvalue weighted by Gasteiger charge is 2.17. The second-order valence-corrected chi connectivity index (χ2v) is 12.7. The van der Waals surface area contributed by atoms with Crippen LogP contribution in [0.3, 0.4) is 0 Å².